The van der Waals surface area contributed by atoms with E-state index in [1.165, 1.54) is 4.57 Å². The molecule has 0 unspecified atom stereocenters. The number of hydrogen-bond acceptors (Lipinski definition) is 4. The molecule has 0 aromatic carbocycles. The molecule has 2 aromatic heterocycles. The zero-order chi connectivity index (χ0) is 11.5. The molecule has 0 spiro atoms. The molecule has 0 saturated heterocycles. The van der Waals surface area contributed by atoms with Crippen molar-refractivity contribution in [2.45, 2.75) is 6.54 Å². The maximum absolute atomic E-state index is 11.4. The number of hydrogen-bond donors (Lipinski definition) is 2. The van der Waals surface area contributed by atoms with Crippen molar-refractivity contribution in [2.75, 3.05) is 13.7 Å². The molecule has 0 radical (unpaired) electrons. The van der Waals surface area contributed by atoms with E-state index in [0.717, 1.165) is 0 Å². The first-order valence-corrected chi connectivity index (χ1v) is 5.04. The Labute approximate surface area is 95.7 Å². The van der Waals surface area contributed by atoms with Gasteiger partial charge in [-0.3, -0.25) is 9.78 Å². The molecule has 0 amide bonds. The second kappa shape index (κ2) is 4.45. The van der Waals surface area contributed by atoms with Crippen molar-refractivity contribution in [3.63, 3.8) is 0 Å². The molecule has 2 heterocycles. The number of nitrogens with one attached hydrogen (secondary N) is 2. The van der Waals surface area contributed by atoms with Crippen molar-refractivity contribution in [3.05, 3.63) is 27.6 Å². The largest absolute Gasteiger partial charge is 0.383 e. The van der Waals surface area contributed by atoms with Crippen molar-refractivity contribution in [1.29, 1.82) is 0 Å². The summed E-state index contributed by atoms with van der Waals surface area (Å²) >= 11 is 4.97. The van der Waals surface area contributed by atoms with Crippen LogP contribution in [0.5, 0.6) is 0 Å². The van der Waals surface area contributed by atoms with Gasteiger partial charge in [-0.2, -0.15) is 5.10 Å². The molecule has 2 rings (SSSR count). The van der Waals surface area contributed by atoms with E-state index < -0.39 is 0 Å². The number of aromatic nitrogens is 5. The summed E-state index contributed by atoms with van der Waals surface area (Å²) in [6.45, 7) is 1.20. The third-order valence-corrected chi connectivity index (χ3v) is 2.37. The van der Waals surface area contributed by atoms with Gasteiger partial charge in [0.05, 0.1) is 25.0 Å². The topological polar surface area (TPSA) is 80.6 Å². The van der Waals surface area contributed by atoms with Gasteiger partial charge in [0.25, 0.3) is 0 Å². The number of nitrogens with zero attached hydrogens (tertiary/aromatic N) is 3. The van der Waals surface area contributed by atoms with Crippen LogP contribution in [0.2, 0.25) is 0 Å². The number of aromatic amines is 2. The van der Waals surface area contributed by atoms with Crippen LogP contribution in [0.4, 0.5) is 0 Å². The molecular formula is C8H11N5O2S. The minimum atomic E-state index is -0.309. The highest BCUT2D eigenvalue weighted by atomic mass is 32.1. The van der Waals surface area contributed by atoms with E-state index in [-0.39, 0.29) is 5.69 Å². The van der Waals surface area contributed by atoms with Crippen molar-refractivity contribution in [2.24, 2.45) is 0 Å². The van der Waals surface area contributed by atoms with E-state index in [2.05, 4.69) is 15.3 Å². The van der Waals surface area contributed by atoms with Crippen LogP contribution >= 0.6 is 12.2 Å². The Morgan fingerprint density at radius 3 is 3.00 bits per heavy atom. The van der Waals surface area contributed by atoms with Gasteiger partial charge in [-0.1, -0.05) is 0 Å². The van der Waals surface area contributed by atoms with E-state index in [4.69, 9.17) is 17.0 Å². The first-order valence-electron chi connectivity index (χ1n) is 4.64. The van der Waals surface area contributed by atoms with Gasteiger partial charge in [-0.15, -0.1) is 0 Å². The van der Waals surface area contributed by atoms with E-state index in [0.29, 0.717) is 23.6 Å². The Hall–Kier alpha value is -1.67. The van der Waals surface area contributed by atoms with Crippen molar-refractivity contribution < 1.29 is 4.74 Å². The van der Waals surface area contributed by atoms with Crippen LogP contribution in [-0.4, -0.2) is 38.3 Å². The highest BCUT2D eigenvalue weighted by Crippen LogP contribution is 2.02. The lowest BCUT2D eigenvalue weighted by atomic mass is 10.5. The molecule has 0 aliphatic heterocycles. The van der Waals surface area contributed by atoms with Crippen LogP contribution in [0.25, 0.3) is 5.69 Å². The van der Waals surface area contributed by atoms with Crippen LogP contribution in [0, 0.1) is 4.77 Å². The molecule has 2 aromatic rings. The molecule has 0 bridgehead atoms. The molecule has 0 aliphatic rings. The Bertz CT molecular complexity index is 550. The number of methoxy groups -OCH3 is 1. The van der Waals surface area contributed by atoms with Crippen molar-refractivity contribution in [3.8, 4) is 5.69 Å². The summed E-state index contributed by atoms with van der Waals surface area (Å²) in [5, 5.41) is 9.07. The second-order valence-corrected chi connectivity index (χ2v) is 3.54. The smallest absolute Gasteiger partial charge is 0.347 e. The maximum Gasteiger partial charge on any atom is 0.347 e. The molecule has 86 valence electrons. The van der Waals surface area contributed by atoms with Crippen molar-refractivity contribution in [1.82, 2.24) is 24.5 Å². The predicted molar refractivity (Wildman–Crippen MR) is 59.2 cm³/mol. The Balaban J connectivity index is 2.32. The molecule has 0 aliphatic carbocycles. The van der Waals surface area contributed by atoms with Crippen LogP contribution < -0.4 is 5.69 Å². The summed E-state index contributed by atoms with van der Waals surface area (Å²) in [4.78, 5) is 11.4. The summed E-state index contributed by atoms with van der Waals surface area (Å²) < 4.78 is 8.27. The monoisotopic (exact) mass is 241 g/mol. The van der Waals surface area contributed by atoms with Gasteiger partial charge in [0, 0.05) is 13.3 Å². The molecule has 2 N–H and O–H groups in total. The van der Waals surface area contributed by atoms with E-state index in [9.17, 15) is 4.79 Å². The van der Waals surface area contributed by atoms with Crippen molar-refractivity contribution >= 4 is 12.2 Å². The molecular weight excluding hydrogens is 230 g/mol. The first-order chi connectivity index (χ1) is 7.72. The Morgan fingerprint density at radius 2 is 2.38 bits per heavy atom. The average molecular weight is 241 g/mol. The van der Waals surface area contributed by atoms with Gasteiger partial charge in [-0.05, 0) is 12.2 Å². The van der Waals surface area contributed by atoms with Gasteiger partial charge in [0.2, 0.25) is 4.77 Å². The third kappa shape index (κ3) is 1.97. The van der Waals surface area contributed by atoms with Gasteiger partial charge in [-0.25, -0.2) is 14.5 Å². The summed E-state index contributed by atoms with van der Waals surface area (Å²) in [5.74, 6) is 0. The molecule has 16 heavy (non-hydrogen) atoms. The van der Waals surface area contributed by atoms with Gasteiger partial charge in [0.15, 0.2) is 0 Å². The minimum Gasteiger partial charge on any atom is -0.383 e. The summed E-state index contributed by atoms with van der Waals surface area (Å²) in [6, 6.07) is 0. The molecule has 8 heteroatoms. The molecule has 0 saturated carbocycles. The zero-order valence-corrected chi connectivity index (χ0v) is 9.45. The summed E-state index contributed by atoms with van der Waals surface area (Å²) in [7, 11) is 1.62. The molecule has 0 atom stereocenters. The zero-order valence-electron chi connectivity index (χ0n) is 8.64. The fourth-order valence-electron chi connectivity index (χ4n) is 1.32. The lowest BCUT2D eigenvalue weighted by Gasteiger charge is -1.98. The first kappa shape index (κ1) is 10.8. The standard InChI is InChI=1S/C8H11N5O2S/c1-15-3-2-12-5-6(4-9-12)13-7(14)10-11-8(13)16/h4-5H,2-3H2,1H3,(H,10,14)(H,11,16). The van der Waals surface area contributed by atoms with Crippen LogP contribution in [0.3, 0.4) is 0 Å². The highest BCUT2D eigenvalue weighted by molar-refractivity contribution is 7.71. The van der Waals surface area contributed by atoms with E-state index in [1.54, 1.807) is 24.2 Å². The number of H-pyrrole nitrogens is 2. The Kier molecular flexibility index (Phi) is 3.02. The highest BCUT2D eigenvalue weighted by Gasteiger charge is 2.05. The van der Waals surface area contributed by atoms with E-state index >= 15 is 0 Å². The van der Waals surface area contributed by atoms with Crippen LogP contribution in [0.1, 0.15) is 0 Å². The summed E-state index contributed by atoms with van der Waals surface area (Å²) in [6.07, 6.45) is 3.31. The minimum absolute atomic E-state index is 0.309. The Morgan fingerprint density at radius 1 is 1.56 bits per heavy atom. The van der Waals surface area contributed by atoms with Crippen LogP contribution in [-0.2, 0) is 11.3 Å². The second-order valence-electron chi connectivity index (χ2n) is 3.15. The van der Waals surface area contributed by atoms with Gasteiger partial charge < -0.3 is 4.74 Å². The average Bonchev–Trinajstić information content (AvgIpc) is 2.83. The fraction of sp³-hybridized carbons (Fsp3) is 0.375. The normalized spacial score (nSPS) is 10.8. The van der Waals surface area contributed by atoms with E-state index in [1.807, 2.05) is 0 Å². The SMILES string of the molecule is COCCn1cc(-n2c(=O)[nH][nH]c2=S)cn1. The predicted octanol–water partition coefficient (Wildman–Crippen LogP) is 0.0661. The van der Waals surface area contributed by atoms with Gasteiger partial charge in [0.1, 0.15) is 0 Å². The quantitative estimate of drug-likeness (QED) is 0.742. The molecule has 7 nitrogen and oxygen atoms in total. The van der Waals surface area contributed by atoms with Gasteiger partial charge >= 0.3 is 5.69 Å². The maximum atomic E-state index is 11.4. The summed E-state index contributed by atoms with van der Waals surface area (Å²) in [5.41, 5.74) is 0.319. The van der Waals surface area contributed by atoms with Crippen LogP contribution in [0.15, 0.2) is 17.2 Å². The number of ether oxygens (including phenoxy) is 1. The number of rotatable bonds is 4. The molecule has 0 fully saturated rings. The lowest BCUT2D eigenvalue weighted by Crippen LogP contribution is -2.14. The third-order valence-electron chi connectivity index (χ3n) is 2.08. The lowest BCUT2D eigenvalue weighted by molar-refractivity contribution is 0.183. The fourth-order valence-corrected chi connectivity index (χ4v) is 1.56.